The van der Waals surface area contributed by atoms with Gasteiger partial charge in [-0.05, 0) is 47.3 Å². The number of rotatable bonds is 5. The first kappa shape index (κ1) is 16.7. The third-order valence-corrected chi connectivity index (χ3v) is 5.38. The summed E-state index contributed by atoms with van der Waals surface area (Å²) in [4.78, 5) is 9.15. The maximum absolute atomic E-state index is 5.35. The van der Waals surface area contributed by atoms with Crippen LogP contribution in [0.15, 0.2) is 33.6 Å². The van der Waals surface area contributed by atoms with E-state index in [2.05, 4.69) is 70.9 Å². The fourth-order valence-electron chi connectivity index (χ4n) is 2.03. The number of nitrogens with one attached hydrogen (secondary N) is 1. The van der Waals surface area contributed by atoms with Gasteiger partial charge in [0.25, 0.3) is 0 Å². The number of H-pyrrole nitrogens is 1. The van der Waals surface area contributed by atoms with Gasteiger partial charge in [-0.15, -0.1) is 11.8 Å². The number of aryl methyl sites for hydroxylation is 1. The van der Waals surface area contributed by atoms with E-state index in [0.29, 0.717) is 10.6 Å². The van der Waals surface area contributed by atoms with Crippen molar-refractivity contribution in [2.45, 2.75) is 37.8 Å². The molecule has 0 radical (unpaired) electrons. The minimum atomic E-state index is 0.576. The SMILES string of the molecule is Cc1cccc(SCc2nc(=S)c(Br)c(CC(C)C)[nH]2)c1. The predicted molar refractivity (Wildman–Crippen MR) is 96.4 cm³/mol. The molecule has 2 aromatic rings. The van der Waals surface area contributed by atoms with Gasteiger partial charge >= 0.3 is 0 Å². The van der Waals surface area contributed by atoms with E-state index in [1.165, 1.54) is 10.5 Å². The van der Waals surface area contributed by atoms with Crippen LogP contribution in [0.4, 0.5) is 0 Å². The van der Waals surface area contributed by atoms with Gasteiger partial charge < -0.3 is 4.98 Å². The van der Waals surface area contributed by atoms with Crippen molar-refractivity contribution in [2.24, 2.45) is 5.92 Å². The molecule has 0 unspecified atom stereocenters. The number of aromatic amines is 1. The van der Waals surface area contributed by atoms with E-state index in [9.17, 15) is 0 Å². The highest BCUT2D eigenvalue weighted by Crippen LogP contribution is 2.24. The molecule has 2 nitrogen and oxygen atoms in total. The van der Waals surface area contributed by atoms with Crippen molar-refractivity contribution in [2.75, 3.05) is 0 Å². The van der Waals surface area contributed by atoms with E-state index in [-0.39, 0.29) is 0 Å². The molecule has 0 aliphatic carbocycles. The van der Waals surface area contributed by atoms with Crippen LogP contribution in [0.1, 0.15) is 30.9 Å². The van der Waals surface area contributed by atoms with Crippen molar-refractivity contribution >= 4 is 39.9 Å². The summed E-state index contributed by atoms with van der Waals surface area (Å²) in [5, 5.41) is 0. The minimum absolute atomic E-state index is 0.576. The van der Waals surface area contributed by atoms with Crippen molar-refractivity contribution in [1.29, 1.82) is 0 Å². The molecular weight excluding hydrogens is 364 g/mol. The lowest BCUT2D eigenvalue weighted by Gasteiger charge is -2.10. The average Bonchev–Trinajstić information content (AvgIpc) is 2.41. The molecular formula is C16H19BrN2S2. The van der Waals surface area contributed by atoms with Gasteiger partial charge in [0.05, 0.1) is 10.2 Å². The topological polar surface area (TPSA) is 28.7 Å². The first-order chi connectivity index (χ1) is 9.95. The second-order valence-electron chi connectivity index (χ2n) is 5.48. The highest BCUT2D eigenvalue weighted by molar-refractivity contribution is 9.10. The van der Waals surface area contributed by atoms with Crippen LogP contribution in [-0.4, -0.2) is 9.97 Å². The molecule has 0 saturated carbocycles. The predicted octanol–water partition coefficient (Wildman–Crippen LogP) is 5.70. The smallest absolute Gasteiger partial charge is 0.144 e. The Morgan fingerprint density at radius 1 is 1.38 bits per heavy atom. The van der Waals surface area contributed by atoms with Gasteiger partial charge in [0.2, 0.25) is 0 Å². The van der Waals surface area contributed by atoms with Crippen molar-refractivity contribution < 1.29 is 0 Å². The molecule has 2 rings (SSSR count). The van der Waals surface area contributed by atoms with Crippen molar-refractivity contribution in [1.82, 2.24) is 9.97 Å². The number of nitrogens with zero attached hydrogens (tertiary/aromatic N) is 1. The van der Waals surface area contributed by atoms with E-state index >= 15 is 0 Å². The molecule has 0 amide bonds. The first-order valence-electron chi connectivity index (χ1n) is 6.92. The van der Waals surface area contributed by atoms with E-state index < -0.39 is 0 Å². The zero-order valence-electron chi connectivity index (χ0n) is 12.4. The zero-order valence-corrected chi connectivity index (χ0v) is 15.7. The largest absolute Gasteiger partial charge is 0.345 e. The third kappa shape index (κ3) is 4.94. The molecule has 0 aliphatic heterocycles. The van der Waals surface area contributed by atoms with Crippen LogP contribution in [0.2, 0.25) is 0 Å². The quantitative estimate of drug-likeness (QED) is 0.530. The van der Waals surface area contributed by atoms with Crippen LogP contribution >= 0.6 is 39.9 Å². The van der Waals surface area contributed by atoms with E-state index in [1.807, 2.05) is 0 Å². The maximum atomic E-state index is 5.35. The molecule has 21 heavy (non-hydrogen) atoms. The van der Waals surface area contributed by atoms with E-state index in [4.69, 9.17) is 12.2 Å². The summed E-state index contributed by atoms with van der Waals surface area (Å²) in [6, 6.07) is 8.50. The Labute approximate surface area is 143 Å². The Kier molecular flexibility index (Phi) is 6.02. The minimum Gasteiger partial charge on any atom is -0.345 e. The number of aromatic nitrogens is 2. The monoisotopic (exact) mass is 382 g/mol. The van der Waals surface area contributed by atoms with Crippen LogP contribution in [0, 0.1) is 17.5 Å². The van der Waals surface area contributed by atoms with Crippen molar-refractivity contribution in [3.8, 4) is 0 Å². The van der Waals surface area contributed by atoms with Gasteiger partial charge in [-0.3, -0.25) is 0 Å². The molecule has 0 bridgehead atoms. The summed E-state index contributed by atoms with van der Waals surface area (Å²) in [5.41, 5.74) is 2.42. The Balaban J connectivity index is 2.17. The number of halogens is 1. The van der Waals surface area contributed by atoms with Gasteiger partial charge in [0.15, 0.2) is 0 Å². The van der Waals surface area contributed by atoms with Gasteiger partial charge in [-0.1, -0.05) is 43.8 Å². The van der Waals surface area contributed by atoms with Crippen molar-refractivity contribution in [3.05, 3.63) is 50.5 Å². The van der Waals surface area contributed by atoms with Crippen LogP contribution in [0.3, 0.4) is 0 Å². The lowest BCUT2D eigenvalue weighted by molar-refractivity contribution is 0.629. The second kappa shape index (κ2) is 7.56. The van der Waals surface area contributed by atoms with Gasteiger partial charge in [-0.25, -0.2) is 4.98 Å². The lowest BCUT2D eigenvalue weighted by Crippen LogP contribution is -2.04. The van der Waals surface area contributed by atoms with Crippen LogP contribution < -0.4 is 0 Å². The summed E-state index contributed by atoms with van der Waals surface area (Å²) < 4.78 is 1.57. The highest BCUT2D eigenvalue weighted by atomic mass is 79.9. The molecule has 1 aromatic heterocycles. The maximum Gasteiger partial charge on any atom is 0.144 e. The molecule has 1 N–H and O–H groups in total. The summed E-state index contributed by atoms with van der Waals surface area (Å²) in [7, 11) is 0. The Bertz CT molecular complexity index is 680. The fraction of sp³-hybridized carbons (Fsp3) is 0.375. The van der Waals surface area contributed by atoms with E-state index in [1.54, 1.807) is 11.8 Å². The fourth-order valence-corrected chi connectivity index (χ4v) is 3.50. The third-order valence-electron chi connectivity index (χ3n) is 2.96. The number of hydrogen-bond acceptors (Lipinski definition) is 3. The van der Waals surface area contributed by atoms with Crippen LogP contribution in [-0.2, 0) is 12.2 Å². The lowest BCUT2D eigenvalue weighted by atomic mass is 10.1. The van der Waals surface area contributed by atoms with Gasteiger partial charge in [0.1, 0.15) is 10.5 Å². The normalized spacial score (nSPS) is 11.1. The Morgan fingerprint density at radius 2 is 2.14 bits per heavy atom. The number of hydrogen-bond donors (Lipinski definition) is 1. The summed E-state index contributed by atoms with van der Waals surface area (Å²) in [6.45, 7) is 6.51. The van der Waals surface area contributed by atoms with Crippen LogP contribution in [0.5, 0.6) is 0 Å². The van der Waals surface area contributed by atoms with E-state index in [0.717, 1.165) is 28.2 Å². The van der Waals surface area contributed by atoms with Gasteiger partial charge in [0, 0.05) is 10.6 Å². The number of thioether (sulfide) groups is 1. The standard InChI is InChI=1S/C16H19BrN2S2/c1-10(2)7-13-15(17)16(20)19-14(18-13)9-21-12-6-4-5-11(3)8-12/h4-6,8,10H,7,9H2,1-3H3,(H,18,19,20). The van der Waals surface area contributed by atoms with Crippen LogP contribution in [0.25, 0.3) is 0 Å². The Morgan fingerprint density at radius 3 is 2.81 bits per heavy atom. The molecule has 0 atom stereocenters. The summed E-state index contributed by atoms with van der Waals surface area (Å²) >= 11 is 10.7. The van der Waals surface area contributed by atoms with Gasteiger partial charge in [-0.2, -0.15) is 0 Å². The number of benzene rings is 1. The molecule has 0 aliphatic rings. The first-order valence-corrected chi connectivity index (χ1v) is 9.11. The molecule has 0 saturated heterocycles. The molecule has 5 heteroatoms. The molecule has 0 spiro atoms. The zero-order chi connectivity index (χ0) is 15.4. The highest BCUT2D eigenvalue weighted by Gasteiger charge is 2.08. The molecule has 1 heterocycles. The summed E-state index contributed by atoms with van der Waals surface area (Å²) in [6.07, 6.45) is 0.967. The average molecular weight is 383 g/mol. The molecule has 112 valence electrons. The molecule has 1 aromatic carbocycles. The second-order valence-corrected chi connectivity index (χ2v) is 7.71. The molecule has 0 fully saturated rings. The Hall–Kier alpha value is -0.650. The van der Waals surface area contributed by atoms with Crippen molar-refractivity contribution in [3.63, 3.8) is 0 Å². The summed E-state index contributed by atoms with van der Waals surface area (Å²) in [5.74, 6) is 2.31.